The van der Waals surface area contributed by atoms with Crippen LogP contribution in [0.1, 0.15) is 43.5 Å². The number of hydrogen-bond donors (Lipinski definition) is 1. The summed E-state index contributed by atoms with van der Waals surface area (Å²) in [5.74, 6) is 2.80. The molecule has 4 fully saturated rings. The van der Waals surface area contributed by atoms with E-state index in [9.17, 15) is 4.79 Å². The number of carbonyl (C=O) groups is 1. The molecule has 0 atom stereocenters. The van der Waals surface area contributed by atoms with Gasteiger partial charge in [-0.05, 0) is 56.3 Å². The Labute approximate surface area is 117 Å². The molecule has 102 valence electrons. The van der Waals surface area contributed by atoms with Gasteiger partial charge in [-0.25, -0.2) is 4.98 Å². The normalized spacial score (nSPS) is 39.5. The predicted octanol–water partition coefficient (Wildman–Crippen LogP) is 2.98. The van der Waals surface area contributed by atoms with Crippen LogP contribution in [0.5, 0.6) is 0 Å². The zero-order valence-electron chi connectivity index (χ0n) is 11.1. The van der Waals surface area contributed by atoms with Crippen molar-refractivity contribution in [3.63, 3.8) is 0 Å². The van der Waals surface area contributed by atoms with E-state index in [4.69, 9.17) is 0 Å². The number of rotatable bonds is 3. The van der Waals surface area contributed by atoms with Gasteiger partial charge in [-0.3, -0.25) is 4.79 Å². The molecule has 0 aliphatic heterocycles. The molecule has 4 aliphatic rings. The maximum Gasteiger partial charge on any atom is 0.226 e. The number of nitrogens with zero attached hydrogens (tertiary/aromatic N) is 1. The fourth-order valence-electron chi connectivity index (χ4n) is 5.07. The Morgan fingerprint density at radius 2 is 1.89 bits per heavy atom. The van der Waals surface area contributed by atoms with Gasteiger partial charge in [-0.2, -0.15) is 0 Å². The first-order valence-electron chi connectivity index (χ1n) is 7.40. The van der Waals surface area contributed by atoms with Gasteiger partial charge in [0.2, 0.25) is 5.91 Å². The van der Waals surface area contributed by atoms with Crippen molar-refractivity contribution < 1.29 is 4.79 Å². The molecule has 4 heteroatoms. The van der Waals surface area contributed by atoms with Crippen molar-refractivity contribution in [2.45, 2.75) is 45.1 Å². The third-order valence-electron chi connectivity index (χ3n) is 5.40. The Balaban J connectivity index is 1.47. The van der Waals surface area contributed by atoms with Crippen LogP contribution in [0.15, 0.2) is 11.6 Å². The van der Waals surface area contributed by atoms with E-state index in [-0.39, 0.29) is 5.41 Å². The van der Waals surface area contributed by atoms with Gasteiger partial charge in [0, 0.05) is 17.0 Å². The first-order chi connectivity index (χ1) is 9.23. The highest BCUT2D eigenvalue weighted by atomic mass is 32.1. The van der Waals surface area contributed by atoms with Crippen LogP contribution in [0.25, 0.3) is 0 Å². The van der Waals surface area contributed by atoms with Crippen molar-refractivity contribution in [3.8, 4) is 0 Å². The summed E-state index contributed by atoms with van der Waals surface area (Å²) in [6.45, 7) is 0.609. The topological polar surface area (TPSA) is 42.0 Å². The molecule has 19 heavy (non-hydrogen) atoms. The second kappa shape index (κ2) is 4.30. The molecule has 0 radical (unpaired) electrons. The molecule has 5 rings (SSSR count). The van der Waals surface area contributed by atoms with Gasteiger partial charge in [0.05, 0.1) is 6.54 Å². The van der Waals surface area contributed by atoms with Gasteiger partial charge in [0.25, 0.3) is 0 Å². The van der Waals surface area contributed by atoms with Crippen LogP contribution in [0, 0.1) is 23.2 Å². The Kier molecular flexibility index (Phi) is 2.69. The van der Waals surface area contributed by atoms with Crippen LogP contribution >= 0.6 is 11.3 Å². The monoisotopic (exact) mass is 276 g/mol. The summed E-state index contributed by atoms with van der Waals surface area (Å²) in [7, 11) is 0. The summed E-state index contributed by atoms with van der Waals surface area (Å²) in [4.78, 5) is 16.9. The van der Waals surface area contributed by atoms with Crippen LogP contribution in [0.3, 0.4) is 0 Å². The van der Waals surface area contributed by atoms with Crippen molar-refractivity contribution in [3.05, 3.63) is 16.6 Å². The second-order valence-electron chi connectivity index (χ2n) is 6.81. The molecule has 3 nitrogen and oxygen atoms in total. The van der Waals surface area contributed by atoms with E-state index in [2.05, 4.69) is 10.3 Å². The summed E-state index contributed by atoms with van der Waals surface area (Å²) in [5, 5.41) is 6.13. The largest absolute Gasteiger partial charge is 0.349 e. The Bertz CT molecular complexity index is 447. The average molecular weight is 276 g/mol. The van der Waals surface area contributed by atoms with Crippen molar-refractivity contribution in [1.82, 2.24) is 10.3 Å². The van der Waals surface area contributed by atoms with Gasteiger partial charge in [0.1, 0.15) is 5.01 Å². The summed E-state index contributed by atoms with van der Waals surface area (Å²) in [5.41, 5.74) is -0.0218. The number of thiazole rings is 1. The van der Waals surface area contributed by atoms with E-state index in [0.29, 0.717) is 12.5 Å². The fourth-order valence-corrected chi connectivity index (χ4v) is 5.63. The molecular formula is C15H20N2OS. The van der Waals surface area contributed by atoms with E-state index < -0.39 is 0 Å². The molecule has 4 aliphatic carbocycles. The second-order valence-corrected chi connectivity index (χ2v) is 7.79. The SMILES string of the molecule is O=C(NCc1nccs1)C12CC3CC(CC(C3)C1)C2. The van der Waals surface area contributed by atoms with Crippen molar-refractivity contribution in [1.29, 1.82) is 0 Å². The summed E-state index contributed by atoms with van der Waals surface area (Å²) in [6, 6.07) is 0. The Hall–Kier alpha value is -0.900. The molecule has 4 bridgehead atoms. The van der Waals surface area contributed by atoms with Crippen LogP contribution in [0.4, 0.5) is 0 Å². The van der Waals surface area contributed by atoms with Crippen LogP contribution in [-0.2, 0) is 11.3 Å². The zero-order valence-corrected chi connectivity index (χ0v) is 11.9. The lowest BCUT2D eigenvalue weighted by molar-refractivity contribution is -0.146. The average Bonchev–Trinajstić information content (AvgIpc) is 2.87. The number of carbonyl (C=O) groups excluding carboxylic acids is 1. The molecule has 4 saturated carbocycles. The molecule has 0 saturated heterocycles. The lowest BCUT2D eigenvalue weighted by atomic mass is 9.49. The molecule has 1 aromatic heterocycles. The minimum Gasteiger partial charge on any atom is -0.349 e. The molecule has 1 N–H and O–H groups in total. The molecular weight excluding hydrogens is 256 g/mol. The lowest BCUT2D eigenvalue weighted by Crippen LogP contribution is -2.53. The minimum absolute atomic E-state index is 0.0218. The summed E-state index contributed by atoms with van der Waals surface area (Å²) in [6.07, 6.45) is 9.39. The van der Waals surface area contributed by atoms with Gasteiger partial charge in [0.15, 0.2) is 0 Å². The lowest BCUT2D eigenvalue weighted by Gasteiger charge is -2.55. The maximum atomic E-state index is 12.7. The highest BCUT2D eigenvalue weighted by molar-refractivity contribution is 7.09. The van der Waals surface area contributed by atoms with E-state index in [1.54, 1.807) is 17.5 Å². The summed E-state index contributed by atoms with van der Waals surface area (Å²) < 4.78 is 0. The number of aromatic nitrogens is 1. The quantitative estimate of drug-likeness (QED) is 0.922. The minimum atomic E-state index is -0.0218. The number of nitrogens with one attached hydrogen (secondary N) is 1. The van der Waals surface area contributed by atoms with E-state index in [1.807, 2.05) is 5.38 Å². The maximum absolute atomic E-state index is 12.7. The van der Waals surface area contributed by atoms with Crippen LogP contribution in [-0.4, -0.2) is 10.9 Å². The Morgan fingerprint density at radius 3 is 2.42 bits per heavy atom. The first kappa shape index (κ1) is 11.9. The van der Waals surface area contributed by atoms with Gasteiger partial charge in [-0.1, -0.05) is 0 Å². The number of amides is 1. The molecule has 0 aromatic carbocycles. The van der Waals surface area contributed by atoms with E-state index >= 15 is 0 Å². The molecule has 1 amide bonds. The molecule has 1 aromatic rings. The van der Waals surface area contributed by atoms with E-state index in [1.165, 1.54) is 19.3 Å². The van der Waals surface area contributed by atoms with Crippen molar-refractivity contribution in [2.24, 2.45) is 23.2 Å². The molecule has 1 heterocycles. The Morgan fingerprint density at radius 1 is 1.26 bits per heavy atom. The molecule has 0 spiro atoms. The highest BCUT2D eigenvalue weighted by Crippen LogP contribution is 2.60. The fraction of sp³-hybridized carbons (Fsp3) is 0.733. The van der Waals surface area contributed by atoms with Crippen LogP contribution in [0.2, 0.25) is 0 Å². The number of hydrogen-bond acceptors (Lipinski definition) is 3. The molecule has 0 unspecified atom stereocenters. The third kappa shape index (κ3) is 2.00. The van der Waals surface area contributed by atoms with E-state index in [0.717, 1.165) is 42.0 Å². The third-order valence-corrected chi connectivity index (χ3v) is 6.18. The zero-order chi connectivity index (χ0) is 12.9. The highest BCUT2D eigenvalue weighted by Gasteiger charge is 2.54. The first-order valence-corrected chi connectivity index (χ1v) is 8.28. The van der Waals surface area contributed by atoms with Gasteiger partial charge < -0.3 is 5.32 Å². The van der Waals surface area contributed by atoms with Crippen molar-refractivity contribution in [2.75, 3.05) is 0 Å². The van der Waals surface area contributed by atoms with Crippen LogP contribution < -0.4 is 5.32 Å². The van der Waals surface area contributed by atoms with Crippen molar-refractivity contribution >= 4 is 17.2 Å². The summed E-state index contributed by atoms with van der Waals surface area (Å²) >= 11 is 1.62. The predicted molar refractivity (Wildman–Crippen MR) is 74.6 cm³/mol. The van der Waals surface area contributed by atoms with Gasteiger partial charge in [-0.15, -0.1) is 11.3 Å². The standard InChI is InChI=1S/C15H20N2OS/c18-14(17-9-13-16-1-2-19-13)15-6-10-3-11(7-15)5-12(4-10)8-15/h1-2,10-12H,3-9H2,(H,17,18). The van der Waals surface area contributed by atoms with Gasteiger partial charge >= 0.3 is 0 Å². The smallest absolute Gasteiger partial charge is 0.226 e.